The van der Waals surface area contributed by atoms with E-state index in [0.717, 1.165) is 0 Å². The molecule has 0 fully saturated rings. The normalized spacial score (nSPS) is 11.6. The van der Waals surface area contributed by atoms with Crippen molar-refractivity contribution in [3.05, 3.63) is 11.8 Å². The number of aryl methyl sites for hydroxylation is 1. The maximum atomic E-state index is 11.1. The SMILES string of the molecule is CCCn1ncc(C=O)c1S(=O)(=O)Cl. The second-order valence-corrected chi connectivity index (χ2v) is 5.17. The molecule has 0 aliphatic carbocycles. The lowest BCUT2D eigenvalue weighted by atomic mass is 10.4. The summed E-state index contributed by atoms with van der Waals surface area (Å²) in [5, 5.41) is 3.54. The van der Waals surface area contributed by atoms with Gasteiger partial charge in [-0.3, -0.25) is 9.48 Å². The molecule has 0 N–H and O–H groups in total. The van der Waals surface area contributed by atoms with Crippen molar-refractivity contribution in [2.45, 2.75) is 24.9 Å². The Morgan fingerprint density at radius 3 is 2.71 bits per heavy atom. The van der Waals surface area contributed by atoms with Gasteiger partial charge in [0.2, 0.25) is 0 Å². The summed E-state index contributed by atoms with van der Waals surface area (Å²) in [6.07, 6.45) is 2.33. The van der Waals surface area contributed by atoms with Gasteiger partial charge in [-0.1, -0.05) is 6.92 Å². The molecule has 0 aromatic carbocycles. The smallest absolute Gasteiger partial charge is 0.279 e. The monoisotopic (exact) mass is 236 g/mol. The third kappa shape index (κ3) is 2.13. The first kappa shape index (κ1) is 11.2. The van der Waals surface area contributed by atoms with Crippen molar-refractivity contribution in [2.75, 3.05) is 0 Å². The minimum atomic E-state index is -3.91. The number of hydrogen-bond acceptors (Lipinski definition) is 4. The molecule has 0 spiro atoms. The fourth-order valence-corrected chi connectivity index (χ4v) is 2.39. The quantitative estimate of drug-likeness (QED) is 0.579. The van der Waals surface area contributed by atoms with Crippen LogP contribution in [0.15, 0.2) is 11.2 Å². The van der Waals surface area contributed by atoms with E-state index in [0.29, 0.717) is 19.3 Å². The number of hydrogen-bond donors (Lipinski definition) is 0. The van der Waals surface area contributed by atoms with E-state index in [4.69, 9.17) is 10.7 Å². The second kappa shape index (κ2) is 4.10. The van der Waals surface area contributed by atoms with Gasteiger partial charge >= 0.3 is 0 Å². The molecule has 0 aliphatic rings. The molecule has 0 unspecified atom stereocenters. The lowest BCUT2D eigenvalue weighted by Gasteiger charge is -2.02. The van der Waals surface area contributed by atoms with Crippen LogP contribution in [-0.4, -0.2) is 24.5 Å². The van der Waals surface area contributed by atoms with E-state index in [9.17, 15) is 13.2 Å². The van der Waals surface area contributed by atoms with Crippen LogP contribution in [0.25, 0.3) is 0 Å². The van der Waals surface area contributed by atoms with Gasteiger partial charge in [0.25, 0.3) is 9.05 Å². The third-order valence-corrected chi connectivity index (χ3v) is 2.96. The van der Waals surface area contributed by atoms with Crippen LogP contribution in [0.3, 0.4) is 0 Å². The molecule has 7 heteroatoms. The first-order valence-corrected chi connectivity index (χ1v) is 6.27. The summed E-state index contributed by atoms with van der Waals surface area (Å²) in [7, 11) is 1.26. The van der Waals surface area contributed by atoms with Gasteiger partial charge in [0.1, 0.15) is 0 Å². The van der Waals surface area contributed by atoms with E-state index >= 15 is 0 Å². The summed E-state index contributed by atoms with van der Waals surface area (Å²) < 4.78 is 23.4. The highest BCUT2D eigenvalue weighted by Gasteiger charge is 2.21. The molecule has 14 heavy (non-hydrogen) atoms. The molecule has 0 amide bonds. The van der Waals surface area contributed by atoms with Gasteiger partial charge in [-0.05, 0) is 6.42 Å². The zero-order valence-electron chi connectivity index (χ0n) is 7.47. The molecular weight excluding hydrogens is 228 g/mol. The van der Waals surface area contributed by atoms with Gasteiger partial charge < -0.3 is 0 Å². The van der Waals surface area contributed by atoms with E-state index in [1.165, 1.54) is 10.9 Å². The summed E-state index contributed by atoms with van der Waals surface area (Å²) in [5.74, 6) is 0. The van der Waals surface area contributed by atoms with Crippen molar-refractivity contribution < 1.29 is 13.2 Å². The predicted molar refractivity (Wildman–Crippen MR) is 50.9 cm³/mol. The lowest BCUT2D eigenvalue weighted by molar-refractivity contribution is 0.112. The largest absolute Gasteiger partial charge is 0.298 e. The summed E-state index contributed by atoms with van der Waals surface area (Å²) in [6, 6.07) is 0. The van der Waals surface area contributed by atoms with Crippen molar-refractivity contribution >= 4 is 26.0 Å². The summed E-state index contributed by atoms with van der Waals surface area (Å²) in [6.45, 7) is 2.28. The van der Waals surface area contributed by atoms with Gasteiger partial charge in [-0.2, -0.15) is 5.10 Å². The molecule has 0 bridgehead atoms. The minimum Gasteiger partial charge on any atom is -0.298 e. The highest BCUT2D eigenvalue weighted by Crippen LogP contribution is 2.18. The van der Waals surface area contributed by atoms with Crippen LogP contribution < -0.4 is 0 Å². The lowest BCUT2D eigenvalue weighted by Crippen LogP contribution is -2.08. The molecule has 78 valence electrons. The Balaban J connectivity index is 3.34. The number of halogens is 1. The van der Waals surface area contributed by atoms with Gasteiger partial charge in [0.15, 0.2) is 11.3 Å². The molecule has 0 aliphatic heterocycles. The topological polar surface area (TPSA) is 69.0 Å². The number of carbonyl (C=O) groups is 1. The Morgan fingerprint density at radius 2 is 2.29 bits per heavy atom. The summed E-state index contributed by atoms with van der Waals surface area (Å²) in [4.78, 5) is 10.5. The maximum absolute atomic E-state index is 11.1. The highest BCUT2D eigenvalue weighted by atomic mass is 35.7. The van der Waals surface area contributed by atoms with Gasteiger partial charge in [0.05, 0.1) is 11.8 Å². The van der Waals surface area contributed by atoms with Crippen LogP contribution in [-0.2, 0) is 15.6 Å². The number of carbonyl (C=O) groups excluding carboxylic acids is 1. The standard InChI is InChI=1S/C7H9ClN2O3S/c1-2-3-10-7(14(8,12)13)6(5-11)4-9-10/h4-5H,2-3H2,1H3. The molecule has 1 aromatic heterocycles. The van der Waals surface area contributed by atoms with E-state index in [1.807, 2.05) is 6.92 Å². The first-order valence-electron chi connectivity index (χ1n) is 3.96. The molecule has 1 heterocycles. The van der Waals surface area contributed by atoms with Crippen molar-refractivity contribution in [1.82, 2.24) is 9.78 Å². The average molecular weight is 237 g/mol. The summed E-state index contributed by atoms with van der Waals surface area (Å²) >= 11 is 0. The number of aromatic nitrogens is 2. The van der Waals surface area contributed by atoms with Crippen LogP contribution >= 0.6 is 10.7 Å². The Labute approximate surface area is 86.1 Å². The van der Waals surface area contributed by atoms with Gasteiger partial charge in [0, 0.05) is 17.2 Å². The zero-order valence-corrected chi connectivity index (χ0v) is 9.05. The highest BCUT2D eigenvalue weighted by molar-refractivity contribution is 8.13. The average Bonchev–Trinajstić information content (AvgIpc) is 2.47. The Hall–Kier alpha value is -0.880. The zero-order chi connectivity index (χ0) is 10.8. The molecule has 5 nitrogen and oxygen atoms in total. The number of aldehydes is 1. The van der Waals surface area contributed by atoms with Crippen molar-refractivity contribution in [3.8, 4) is 0 Å². The number of nitrogens with zero attached hydrogens (tertiary/aromatic N) is 2. The first-order chi connectivity index (χ1) is 6.50. The second-order valence-electron chi connectivity index (χ2n) is 2.68. The fourth-order valence-electron chi connectivity index (χ4n) is 1.11. The molecule has 1 aromatic rings. The van der Waals surface area contributed by atoms with Crippen LogP contribution in [0.2, 0.25) is 0 Å². The summed E-state index contributed by atoms with van der Waals surface area (Å²) in [5.41, 5.74) is -0.00606. The fraction of sp³-hybridized carbons (Fsp3) is 0.429. The molecule has 0 radical (unpaired) electrons. The molecular formula is C7H9ClN2O3S. The van der Waals surface area contributed by atoms with Gasteiger partial charge in [-0.15, -0.1) is 0 Å². The van der Waals surface area contributed by atoms with E-state index in [2.05, 4.69) is 5.10 Å². The molecule has 0 saturated heterocycles. The van der Waals surface area contributed by atoms with Crippen molar-refractivity contribution in [1.29, 1.82) is 0 Å². The minimum absolute atomic E-state index is 0.00606. The van der Waals surface area contributed by atoms with Crippen LogP contribution in [0.1, 0.15) is 23.7 Å². The van der Waals surface area contributed by atoms with Crippen LogP contribution in [0, 0.1) is 0 Å². The maximum Gasteiger partial charge on any atom is 0.279 e. The Bertz CT molecular complexity index is 438. The van der Waals surface area contributed by atoms with Crippen LogP contribution in [0.4, 0.5) is 0 Å². The van der Waals surface area contributed by atoms with Crippen LogP contribution in [0.5, 0.6) is 0 Å². The Kier molecular flexibility index (Phi) is 3.28. The predicted octanol–water partition coefficient (Wildman–Crippen LogP) is 1.03. The Morgan fingerprint density at radius 1 is 1.64 bits per heavy atom. The van der Waals surface area contributed by atoms with E-state index < -0.39 is 9.05 Å². The van der Waals surface area contributed by atoms with Gasteiger partial charge in [-0.25, -0.2) is 8.42 Å². The molecule has 0 atom stereocenters. The van der Waals surface area contributed by atoms with E-state index in [-0.39, 0.29) is 10.6 Å². The van der Waals surface area contributed by atoms with Crippen molar-refractivity contribution in [2.24, 2.45) is 0 Å². The van der Waals surface area contributed by atoms with E-state index in [1.54, 1.807) is 0 Å². The van der Waals surface area contributed by atoms with Crippen molar-refractivity contribution in [3.63, 3.8) is 0 Å². The number of rotatable bonds is 4. The third-order valence-electron chi connectivity index (χ3n) is 1.61. The molecule has 1 rings (SSSR count). The molecule has 0 saturated carbocycles.